The van der Waals surface area contributed by atoms with Crippen molar-refractivity contribution in [3.63, 3.8) is 0 Å². The highest BCUT2D eigenvalue weighted by Gasteiger charge is 2.25. The zero-order chi connectivity index (χ0) is 30.6. The molecule has 0 bridgehead atoms. The predicted molar refractivity (Wildman–Crippen MR) is 184 cm³/mol. The number of pyridine rings is 1. The van der Waals surface area contributed by atoms with E-state index in [2.05, 4.69) is 99.8 Å². The van der Waals surface area contributed by atoms with Crippen molar-refractivity contribution in [2.45, 2.75) is 0 Å². The molecular weight excluding hydrogens is 572 g/mol. The van der Waals surface area contributed by atoms with Gasteiger partial charge in [0.2, 0.25) is 5.88 Å². The van der Waals surface area contributed by atoms with E-state index in [1.54, 1.807) is 6.20 Å². The number of rotatable bonds is 6. The number of hydrogen-bond acceptors (Lipinski definition) is 7. The zero-order valence-corrected chi connectivity index (χ0v) is 25.0. The second-order valence-electron chi connectivity index (χ2n) is 11.5. The second-order valence-corrected chi connectivity index (χ2v) is 11.5. The maximum absolute atomic E-state index is 6.67. The molecule has 0 fully saturated rings. The molecule has 222 valence electrons. The molecule has 1 aliphatic heterocycles. The number of anilines is 4. The van der Waals surface area contributed by atoms with Gasteiger partial charge in [0.05, 0.1) is 18.0 Å². The normalized spacial score (nSPS) is 13.1. The lowest BCUT2D eigenvalue weighted by Crippen LogP contribution is -2.22. The van der Waals surface area contributed by atoms with Crippen LogP contribution in [-0.4, -0.2) is 23.6 Å². The van der Waals surface area contributed by atoms with Gasteiger partial charge in [0.1, 0.15) is 11.2 Å². The lowest BCUT2D eigenvalue weighted by Gasteiger charge is -2.28. The van der Waals surface area contributed by atoms with Crippen molar-refractivity contribution in [1.82, 2.24) is 9.88 Å². The highest BCUT2D eigenvalue weighted by Crippen LogP contribution is 2.48. The van der Waals surface area contributed by atoms with E-state index < -0.39 is 0 Å². The minimum Gasteiger partial charge on any atom is -0.454 e. The van der Waals surface area contributed by atoms with Gasteiger partial charge < -0.3 is 28.3 Å². The fourth-order valence-electron chi connectivity index (χ4n) is 6.33. The third-order valence-corrected chi connectivity index (χ3v) is 8.45. The third-order valence-electron chi connectivity index (χ3n) is 8.45. The van der Waals surface area contributed by atoms with Crippen molar-refractivity contribution in [2.24, 2.45) is 0 Å². The van der Waals surface area contributed by atoms with Crippen LogP contribution >= 0.6 is 0 Å². The Morgan fingerprint density at radius 2 is 1.35 bits per heavy atom. The molecule has 3 aromatic heterocycles. The molecule has 0 spiro atoms. The van der Waals surface area contributed by atoms with E-state index in [-0.39, 0.29) is 0 Å². The molecule has 0 saturated carbocycles. The van der Waals surface area contributed by atoms with Crippen molar-refractivity contribution >= 4 is 66.6 Å². The van der Waals surface area contributed by atoms with Crippen LogP contribution in [0.25, 0.3) is 43.9 Å². The average molecular weight is 601 g/mol. The summed E-state index contributed by atoms with van der Waals surface area (Å²) in [4.78, 5) is 11.1. The van der Waals surface area contributed by atoms with Gasteiger partial charge in [-0.2, -0.15) is 0 Å². The maximum atomic E-state index is 6.67. The van der Waals surface area contributed by atoms with Gasteiger partial charge in [0.15, 0.2) is 16.9 Å². The first-order chi connectivity index (χ1) is 22.7. The molecule has 9 rings (SSSR count). The maximum Gasteiger partial charge on any atom is 0.219 e. The van der Waals surface area contributed by atoms with E-state index in [9.17, 15) is 0 Å². The Bertz CT molecular complexity index is 2410. The van der Waals surface area contributed by atoms with Gasteiger partial charge in [0.25, 0.3) is 0 Å². The summed E-state index contributed by atoms with van der Waals surface area (Å²) in [6.45, 7) is 0.751. The summed E-state index contributed by atoms with van der Waals surface area (Å²) in [6, 6.07) is 40.9. The molecule has 0 N–H and O–H groups in total. The number of para-hydroxylation sites is 3. The Labute approximate surface area is 264 Å². The third kappa shape index (κ3) is 4.32. The first-order valence-corrected chi connectivity index (χ1v) is 15.2. The number of aromatic nitrogens is 1. The van der Waals surface area contributed by atoms with Gasteiger partial charge in [-0.25, -0.2) is 4.98 Å². The smallest absolute Gasteiger partial charge is 0.219 e. The van der Waals surface area contributed by atoms with Gasteiger partial charge in [-0.05, 0) is 48.5 Å². The number of fused-ring (bicyclic) bond motifs is 6. The molecule has 1 aliphatic rings. The number of furan rings is 2. The number of hydrogen-bond donors (Lipinski definition) is 0. The number of benzene rings is 5. The Balaban J connectivity index is 1.35. The minimum absolute atomic E-state index is 0.485. The van der Waals surface area contributed by atoms with Crippen LogP contribution in [-0.2, 0) is 0 Å². The SMILES string of the molecule is CN1C=CN(c2cc(N(c3ccccc3)c3cc(Oc4ccccn4)c4oc5ccccc5c4c3)c3oc4ccccc4c3c2)C1. The average Bonchev–Trinajstić information content (AvgIpc) is 3.81. The van der Waals surface area contributed by atoms with Crippen molar-refractivity contribution in [3.8, 4) is 11.6 Å². The lowest BCUT2D eigenvalue weighted by molar-refractivity contribution is 0.458. The van der Waals surface area contributed by atoms with Crippen LogP contribution in [0.3, 0.4) is 0 Å². The summed E-state index contributed by atoms with van der Waals surface area (Å²) >= 11 is 0. The zero-order valence-electron chi connectivity index (χ0n) is 25.0. The largest absolute Gasteiger partial charge is 0.454 e. The van der Waals surface area contributed by atoms with Crippen LogP contribution in [0.2, 0.25) is 0 Å². The topological polar surface area (TPSA) is 58.1 Å². The summed E-state index contributed by atoms with van der Waals surface area (Å²) in [5, 5.41) is 4.07. The fraction of sp³-hybridized carbons (Fsp3) is 0.0513. The summed E-state index contributed by atoms with van der Waals surface area (Å²) in [6.07, 6.45) is 5.92. The molecular formula is C39H28N4O3. The molecule has 0 unspecified atom stereocenters. The van der Waals surface area contributed by atoms with Crippen molar-refractivity contribution < 1.29 is 13.6 Å². The van der Waals surface area contributed by atoms with Crippen molar-refractivity contribution in [2.75, 3.05) is 23.5 Å². The molecule has 7 heteroatoms. The van der Waals surface area contributed by atoms with Gasteiger partial charge in [-0.1, -0.05) is 60.7 Å². The second kappa shape index (κ2) is 10.5. The van der Waals surface area contributed by atoms with Gasteiger partial charge in [-0.3, -0.25) is 0 Å². The quantitative estimate of drug-likeness (QED) is 0.188. The molecule has 0 aliphatic carbocycles. The highest BCUT2D eigenvalue weighted by atomic mass is 16.5. The van der Waals surface area contributed by atoms with Crippen molar-refractivity contribution in [1.29, 1.82) is 0 Å². The molecule has 4 heterocycles. The molecule has 0 amide bonds. The molecule has 0 atom stereocenters. The van der Waals surface area contributed by atoms with E-state index >= 15 is 0 Å². The summed E-state index contributed by atoms with van der Waals surface area (Å²) in [7, 11) is 2.08. The van der Waals surface area contributed by atoms with Crippen LogP contribution in [0.15, 0.2) is 149 Å². The molecule has 0 saturated heterocycles. The Morgan fingerprint density at radius 1 is 0.652 bits per heavy atom. The summed E-state index contributed by atoms with van der Waals surface area (Å²) < 4.78 is 19.5. The van der Waals surface area contributed by atoms with E-state index in [4.69, 9.17) is 13.6 Å². The highest BCUT2D eigenvalue weighted by molar-refractivity contribution is 6.13. The van der Waals surface area contributed by atoms with Crippen molar-refractivity contribution in [3.05, 3.63) is 140 Å². The molecule has 7 nitrogen and oxygen atoms in total. The molecule has 0 radical (unpaired) electrons. The van der Waals surface area contributed by atoms with E-state index in [0.29, 0.717) is 17.2 Å². The molecule has 5 aromatic carbocycles. The van der Waals surface area contributed by atoms with Crippen LogP contribution in [0, 0.1) is 0 Å². The predicted octanol–water partition coefficient (Wildman–Crippen LogP) is 10.3. The number of nitrogens with zero attached hydrogens (tertiary/aromatic N) is 4. The van der Waals surface area contributed by atoms with Crippen LogP contribution < -0.4 is 14.5 Å². The Morgan fingerprint density at radius 3 is 2.07 bits per heavy atom. The Kier molecular flexibility index (Phi) is 5.96. The van der Waals surface area contributed by atoms with E-state index in [1.807, 2.05) is 60.7 Å². The fourth-order valence-corrected chi connectivity index (χ4v) is 6.33. The monoisotopic (exact) mass is 600 g/mol. The first kappa shape index (κ1) is 26.2. The van der Waals surface area contributed by atoms with Gasteiger partial charge in [-0.15, -0.1) is 0 Å². The van der Waals surface area contributed by atoms with Crippen LogP contribution in [0.4, 0.5) is 22.7 Å². The standard InChI is InChI=1S/C39H28N4O3/c1-41-19-20-42(25-41)27-21-31-29-13-5-7-15-34(29)45-38(31)33(23-27)43(26-11-3-2-4-12-26)28-22-32-30-14-6-8-16-35(30)46-39(32)36(24-28)44-37-17-9-10-18-40-37/h2-24H,25H2,1H3. The lowest BCUT2D eigenvalue weighted by atomic mass is 10.1. The van der Waals surface area contributed by atoms with E-state index in [1.165, 1.54) is 0 Å². The summed E-state index contributed by atoms with van der Waals surface area (Å²) in [5.74, 6) is 1.06. The minimum atomic E-state index is 0.485. The van der Waals surface area contributed by atoms with Gasteiger partial charge >= 0.3 is 0 Å². The summed E-state index contributed by atoms with van der Waals surface area (Å²) in [5.41, 5.74) is 6.94. The van der Waals surface area contributed by atoms with Crippen LogP contribution in [0.5, 0.6) is 11.6 Å². The number of ether oxygens (including phenoxy) is 1. The Hall–Kier alpha value is -6.21. The van der Waals surface area contributed by atoms with Crippen LogP contribution in [0.1, 0.15) is 0 Å². The molecule has 46 heavy (non-hydrogen) atoms. The molecule has 8 aromatic rings. The van der Waals surface area contributed by atoms with E-state index in [0.717, 1.165) is 67.7 Å². The van der Waals surface area contributed by atoms with Gasteiger partial charge in [0, 0.05) is 70.7 Å². The first-order valence-electron chi connectivity index (χ1n) is 15.2.